The molecule has 12 rings (SSSR count). The van der Waals surface area contributed by atoms with Crippen LogP contribution in [0.2, 0.25) is 0 Å². The molecule has 0 radical (unpaired) electrons. The number of fused-ring (bicyclic) bond motifs is 12. The molecule has 4 heteroatoms. The first-order chi connectivity index (χ1) is 25.8. The van der Waals surface area contributed by atoms with Crippen molar-refractivity contribution in [2.24, 2.45) is 0 Å². The van der Waals surface area contributed by atoms with Gasteiger partial charge in [-0.2, -0.15) is 0 Å². The predicted octanol–water partition coefficient (Wildman–Crippen LogP) is 12.4. The van der Waals surface area contributed by atoms with Crippen molar-refractivity contribution in [3.8, 4) is 28.3 Å². The highest BCUT2D eigenvalue weighted by atomic mass is 15.2. The van der Waals surface area contributed by atoms with Crippen molar-refractivity contribution in [1.29, 1.82) is 0 Å². The van der Waals surface area contributed by atoms with Gasteiger partial charge in [0.15, 0.2) is 0 Å². The summed E-state index contributed by atoms with van der Waals surface area (Å²) in [5.41, 5.74) is 11.2. The fourth-order valence-corrected chi connectivity index (χ4v) is 8.74. The molecule has 0 bridgehead atoms. The van der Waals surface area contributed by atoms with Crippen molar-refractivity contribution in [1.82, 2.24) is 18.9 Å². The van der Waals surface area contributed by atoms with Crippen LogP contribution in [-0.2, 0) is 0 Å². The summed E-state index contributed by atoms with van der Waals surface area (Å²) in [6.07, 6.45) is 0. The van der Waals surface area contributed by atoms with Crippen LogP contribution < -0.4 is 0 Å². The van der Waals surface area contributed by atoms with Crippen LogP contribution in [0.4, 0.5) is 0 Å². The maximum absolute atomic E-state index is 5.40. The molecule has 4 heterocycles. The van der Waals surface area contributed by atoms with Crippen molar-refractivity contribution in [3.05, 3.63) is 170 Å². The van der Waals surface area contributed by atoms with Crippen molar-refractivity contribution in [2.75, 3.05) is 0 Å². The Balaban J connectivity index is 1.23. The third-order valence-electron chi connectivity index (χ3n) is 11.0. The lowest BCUT2D eigenvalue weighted by atomic mass is 9.99. The molecule has 0 aliphatic rings. The molecule has 0 aliphatic carbocycles. The third kappa shape index (κ3) is 3.70. The Morgan fingerprint density at radius 3 is 1.90 bits per heavy atom. The minimum Gasteiger partial charge on any atom is -0.308 e. The number of para-hydroxylation sites is 3. The van der Waals surface area contributed by atoms with Gasteiger partial charge in [0.2, 0.25) is 5.95 Å². The van der Waals surface area contributed by atoms with Gasteiger partial charge in [-0.15, -0.1) is 0 Å². The molecule has 0 saturated carbocycles. The Bertz CT molecular complexity index is 3410. The summed E-state index contributed by atoms with van der Waals surface area (Å²) in [5, 5.41) is 10.9. The van der Waals surface area contributed by atoms with Crippen LogP contribution >= 0.6 is 0 Å². The highest BCUT2D eigenvalue weighted by Crippen LogP contribution is 2.47. The molecule has 12 aromatic rings. The second-order valence-electron chi connectivity index (χ2n) is 13.8. The maximum atomic E-state index is 5.40. The lowest BCUT2D eigenvalue weighted by Crippen LogP contribution is -2.03. The highest BCUT2D eigenvalue weighted by molar-refractivity contribution is 6.34. The summed E-state index contributed by atoms with van der Waals surface area (Å²) in [6, 6.07) is 61.1. The zero-order chi connectivity index (χ0) is 33.9. The van der Waals surface area contributed by atoms with Crippen LogP contribution in [0.15, 0.2) is 170 Å². The van der Waals surface area contributed by atoms with E-state index in [2.05, 4.69) is 179 Å². The van der Waals surface area contributed by atoms with Crippen LogP contribution in [0.1, 0.15) is 0 Å². The Hall–Kier alpha value is -7.04. The minimum atomic E-state index is 0.671. The lowest BCUT2D eigenvalue weighted by molar-refractivity contribution is 1.02. The Kier molecular flexibility index (Phi) is 5.47. The van der Waals surface area contributed by atoms with Gasteiger partial charge in [0.05, 0.1) is 38.8 Å². The first-order valence-electron chi connectivity index (χ1n) is 17.8. The Labute approximate surface area is 297 Å². The normalized spacial score (nSPS) is 12.2. The van der Waals surface area contributed by atoms with E-state index in [1.165, 1.54) is 70.8 Å². The molecule has 0 fully saturated rings. The van der Waals surface area contributed by atoms with Gasteiger partial charge < -0.3 is 4.40 Å². The smallest absolute Gasteiger partial charge is 0.235 e. The standard InChI is InChI=1S/C48H28N4/c1-2-13-30(14-3-1)45-36-17-6-9-19-40(36)49-48(50-45)52-41-20-10-7-16-34(41)38-28-39-35-25-24-33(32-23-22-29-12-4-5-15-31(29)26-32)27-43(35)51-42-21-11-8-18-37(42)44(46(39)51)47(38)52/h1-28H. The van der Waals surface area contributed by atoms with E-state index < -0.39 is 0 Å². The van der Waals surface area contributed by atoms with Crippen LogP contribution in [0, 0.1) is 0 Å². The zero-order valence-electron chi connectivity index (χ0n) is 28.0. The Morgan fingerprint density at radius 1 is 0.365 bits per heavy atom. The van der Waals surface area contributed by atoms with E-state index in [0.29, 0.717) is 5.95 Å². The summed E-state index contributed by atoms with van der Waals surface area (Å²) in [4.78, 5) is 10.7. The molecule has 4 nitrogen and oxygen atoms in total. The summed E-state index contributed by atoms with van der Waals surface area (Å²) in [5.74, 6) is 0.671. The SMILES string of the molecule is c1ccc(-c2nc(-n3c4ccccc4c4cc5c6ccc(-c7ccc8ccccc8c7)cc6n6c7ccccc7c(c43)c56)nc3ccccc23)cc1. The number of aromatic nitrogens is 4. The molecule has 0 unspecified atom stereocenters. The van der Waals surface area contributed by atoms with Gasteiger partial charge in [-0.1, -0.05) is 133 Å². The largest absolute Gasteiger partial charge is 0.308 e. The number of benzene rings is 8. The third-order valence-corrected chi connectivity index (χ3v) is 11.0. The van der Waals surface area contributed by atoms with Crippen molar-refractivity contribution >= 4 is 81.6 Å². The Morgan fingerprint density at radius 2 is 1.02 bits per heavy atom. The molecule has 8 aromatic carbocycles. The number of nitrogens with zero attached hydrogens (tertiary/aromatic N) is 4. The van der Waals surface area contributed by atoms with Gasteiger partial charge in [-0.3, -0.25) is 4.57 Å². The van der Waals surface area contributed by atoms with Crippen LogP contribution in [0.25, 0.3) is 110 Å². The molecule has 0 atom stereocenters. The average molecular weight is 661 g/mol. The maximum Gasteiger partial charge on any atom is 0.235 e. The number of rotatable bonds is 3. The van der Waals surface area contributed by atoms with E-state index >= 15 is 0 Å². The van der Waals surface area contributed by atoms with Crippen LogP contribution in [0.3, 0.4) is 0 Å². The first kappa shape index (κ1) is 27.7. The second kappa shape index (κ2) is 10.3. The summed E-state index contributed by atoms with van der Waals surface area (Å²) in [6.45, 7) is 0. The van der Waals surface area contributed by atoms with E-state index in [0.717, 1.165) is 33.2 Å². The van der Waals surface area contributed by atoms with E-state index in [1.807, 2.05) is 0 Å². The first-order valence-corrected chi connectivity index (χ1v) is 17.8. The van der Waals surface area contributed by atoms with Crippen molar-refractivity contribution < 1.29 is 0 Å². The monoisotopic (exact) mass is 660 g/mol. The quantitative estimate of drug-likeness (QED) is 0.189. The van der Waals surface area contributed by atoms with Gasteiger partial charge in [0, 0.05) is 43.3 Å². The molecule has 240 valence electrons. The zero-order valence-corrected chi connectivity index (χ0v) is 28.0. The fourth-order valence-electron chi connectivity index (χ4n) is 8.74. The van der Waals surface area contributed by atoms with Gasteiger partial charge in [-0.05, 0) is 58.3 Å². The molecule has 0 saturated heterocycles. The van der Waals surface area contributed by atoms with Crippen LogP contribution in [0.5, 0.6) is 0 Å². The minimum absolute atomic E-state index is 0.671. The topological polar surface area (TPSA) is 35.1 Å². The summed E-state index contributed by atoms with van der Waals surface area (Å²) in [7, 11) is 0. The van der Waals surface area contributed by atoms with Gasteiger partial charge in [-0.25, -0.2) is 9.97 Å². The van der Waals surface area contributed by atoms with Gasteiger partial charge in [0.25, 0.3) is 0 Å². The molecular weight excluding hydrogens is 633 g/mol. The van der Waals surface area contributed by atoms with Gasteiger partial charge >= 0.3 is 0 Å². The molecule has 0 N–H and O–H groups in total. The van der Waals surface area contributed by atoms with E-state index in [-0.39, 0.29) is 0 Å². The average Bonchev–Trinajstić information content (AvgIpc) is 3.85. The second-order valence-corrected chi connectivity index (χ2v) is 13.8. The van der Waals surface area contributed by atoms with Crippen LogP contribution in [-0.4, -0.2) is 18.9 Å². The molecule has 52 heavy (non-hydrogen) atoms. The molecule has 4 aromatic heterocycles. The van der Waals surface area contributed by atoms with E-state index in [1.54, 1.807) is 0 Å². The predicted molar refractivity (Wildman–Crippen MR) is 217 cm³/mol. The van der Waals surface area contributed by atoms with Crippen molar-refractivity contribution in [2.45, 2.75) is 0 Å². The molecule has 0 amide bonds. The van der Waals surface area contributed by atoms with E-state index in [9.17, 15) is 0 Å². The number of hydrogen-bond donors (Lipinski definition) is 0. The molecule has 0 spiro atoms. The molecule has 0 aliphatic heterocycles. The summed E-state index contributed by atoms with van der Waals surface area (Å²) < 4.78 is 4.79. The molecular formula is C48H28N4. The van der Waals surface area contributed by atoms with Crippen molar-refractivity contribution in [3.63, 3.8) is 0 Å². The van der Waals surface area contributed by atoms with E-state index in [4.69, 9.17) is 9.97 Å². The lowest BCUT2D eigenvalue weighted by Gasteiger charge is -2.12. The fraction of sp³-hybridized carbons (Fsp3) is 0. The highest BCUT2D eigenvalue weighted by Gasteiger charge is 2.25. The summed E-state index contributed by atoms with van der Waals surface area (Å²) >= 11 is 0. The number of hydrogen-bond acceptors (Lipinski definition) is 2. The van der Waals surface area contributed by atoms with Gasteiger partial charge in [0.1, 0.15) is 0 Å².